The highest BCUT2D eigenvalue weighted by Crippen LogP contribution is 2.19. The summed E-state index contributed by atoms with van der Waals surface area (Å²) >= 11 is 5.78. The Morgan fingerprint density at radius 1 is 1.00 bits per heavy atom. The lowest BCUT2D eigenvalue weighted by molar-refractivity contribution is -0.116. The van der Waals surface area contributed by atoms with E-state index < -0.39 is 0 Å². The monoisotopic (exact) mass is 330 g/mol. The average Bonchev–Trinajstić information content (AvgIpc) is 2.51. The molecule has 0 atom stereocenters. The molecule has 2 aromatic rings. The summed E-state index contributed by atoms with van der Waals surface area (Å²) in [6.07, 6.45) is 0.215. The van der Waals surface area contributed by atoms with Crippen LogP contribution in [-0.4, -0.2) is 18.4 Å². The first-order valence-electron chi connectivity index (χ1n) is 7.37. The standard InChI is InChI=1S/C18H19ClN2O2/c1-12-4-3-5-13(2)17(12)21-16(22)10-11-20-18(23)14-6-8-15(19)9-7-14/h3-9H,10-11H2,1-2H3,(H,20,23)(H,21,22). The van der Waals surface area contributed by atoms with Crippen LogP contribution < -0.4 is 10.6 Å². The molecule has 0 saturated heterocycles. The zero-order valence-corrected chi connectivity index (χ0v) is 13.9. The van der Waals surface area contributed by atoms with Crippen LogP contribution in [0.4, 0.5) is 5.69 Å². The Kier molecular flexibility index (Phi) is 5.77. The van der Waals surface area contributed by atoms with Crippen LogP contribution in [0.3, 0.4) is 0 Å². The van der Waals surface area contributed by atoms with Gasteiger partial charge in [-0.3, -0.25) is 9.59 Å². The van der Waals surface area contributed by atoms with Gasteiger partial charge >= 0.3 is 0 Å². The van der Waals surface area contributed by atoms with Gasteiger partial charge in [-0.2, -0.15) is 0 Å². The minimum Gasteiger partial charge on any atom is -0.352 e. The molecule has 5 heteroatoms. The number of nitrogens with one attached hydrogen (secondary N) is 2. The third kappa shape index (κ3) is 4.83. The van der Waals surface area contributed by atoms with Crippen LogP contribution in [0.15, 0.2) is 42.5 Å². The molecule has 0 bridgehead atoms. The highest BCUT2D eigenvalue weighted by atomic mass is 35.5. The van der Waals surface area contributed by atoms with Crippen LogP contribution in [-0.2, 0) is 4.79 Å². The summed E-state index contributed by atoms with van der Waals surface area (Å²) in [5.41, 5.74) is 3.39. The zero-order valence-electron chi connectivity index (χ0n) is 13.2. The zero-order chi connectivity index (χ0) is 16.8. The summed E-state index contributed by atoms with van der Waals surface area (Å²) in [6, 6.07) is 12.5. The summed E-state index contributed by atoms with van der Waals surface area (Å²) in [5, 5.41) is 6.19. The molecule has 0 aromatic heterocycles. The minimum absolute atomic E-state index is 0.126. The second-order valence-electron chi connectivity index (χ2n) is 5.33. The molecule has 120 valence electrons. The van der Waals surface area contributed by atoms with E-state index in [0.29, 0.717) is 10.6 Å². The molecule has 2 aromatic carbocycles. The van der Waals surface area contributed by atoms with E-state index in [-0.39, 0.29) is 24.8 Å². The number of rotatable bonds is 5. The van der Waals surface area contributed by atoms with Crippen LogP contribution >= 0.6 is 11.6 Å². The SMILES string of the molecule is Cc1cccc(C)c1NC(=O)CCNC(=O)c1ccc(Cl)cc1. The van der Waals surface area contributed by atoms with Gasteiger partial charge in [0.15, 0.2) is 0 Å². The maximum Gasteiger partial charge on any atom is 0.251 e. The molecule has 4 nitrogen and oxygen atoms in total. The van der Waals surface area contributed by atoms with E-state index in [0.717, 1.165) is 16.8 Å². The first kappa shape index (κ1) is 17.0. The van der Waals surface area contributed by atoms with Crippen molar-refractivity contribution in [1.82, 2.24) is 5.32 Å². The van der Waals surface area contributed by atoms with Crippen molar-refractivity contribution in [3.63, 3.8) is 0 Å². The number of carbonyl (C=O) groups is 2. The van der Waals surface area contributed by atoms with Gasteiger partial charge in [-0.25, -0.2) is 0 Å². The van der Waals surface area contributed by atoms with E-state index in [2.05, 4.69) is 10.6 Å². The number of para-hydroxylation sites is 1. The van der Waals surface area contributed by atoms with Crippen molar-refractivity contribution in [1.29, 1.82) is 0 Å². The van der Waals surface area contributed by atoms with Crippen molar-refractivity contribution in [3.05, 3.63) is 64.2 Å². The molecule has 0 aliphatic carbocycles. The van der Waals surface area contributed by atoms with Crippen LogP contribution in [0.2, 0.25) is 5.02 Å². The van der Waals surface area contributed by atoms with E-state index in [1.807, 2.05) is 32.0 Å². The van der Waals surface area contributed by atoms with Crippen LogP contribution in [0.1, 0.15) is 27.9 Å². The molecule has 2 rings (SSSR count). The van der Waals surface area contributed by atoms with Gasteiger partial charge in [0.05, 0.1) is 0 Å². The number of halogens is 1. The van der Waals surface area contributed by atoms with E-state index in [1.165, 1.54) is 0 Å². The van der Waals surface area contributed by atoms with Gasteiger partial charge in [0.2, 0.25) is 5.91 Å². The van der Waals surface area contributed by atoms with Crippen molar-refractivity contribution in [3.8, 4) is 0 Å². The largest absolute Gasteiger partial charge is 0.352 e. The number of amides is 2. The van der Waals surface area contributed by atoms with Crippen molar-refractivity contribution >= 4 is 29.1 Å². The molecule has 0 unspecified atom stereocenters. The third-order valence-electron chi connectivity index (χ3n) is 3.49. The quantitative estimate of drug-likeness (QED) is 0.878. The van der Waals surface area contributed by atoms with E-state index in [1.54, 1.807) is 24.3 Å². The van der Waals surface area contributed by atoms with Crippen LogP contribution in [0.25, 0.3) is 0 Å². The Balaban J connectivity index is 1.83. The molecule has 0 saturated carbocycles. The summed E-state index contributed by atoms with van der Waals surface area (Å²) in [7, 11) is 0. The molecule has 23 heavy (non-hydrogen) atoms. The average molecular weight is 331 g/mol. The highest BCUT2D eigenvalue weighted by Gasteiger charge is 2.09. The van der Waals surface area contributed by atoms with Crippen LogP contribution in [0, 0.1) is 13.8 Å². The highest BCUT2D eigenvalue weighted by molar-refractivity contribution is 6.30. The number of hydrogen-bond acceptors (Lipinski definition) is 2. The maximum absolute atomic E-state index is 12.0. The predicted octanol–water partition coefficient (Wildman–Crippen LogP) is 3.72. The minimum atomic E-state index is -0.221. The van der Waals surface area contributed by atoms with Gasteiger partial charge in [0.25, 0.3) is 5.91 Å². The molecule has 2 N–H and O–H groups in total. The molecular formula is C18H19ClN2O2. The molecule has 0 fully saturated rings. The molecule has 0 spiro atoms. The van der Waals surface area contributed by atoms with Gasteiger partial charge in [-0.15, -0.1) is 0 Å². The van der Waals surface area contributed by atoms with Gasteiger partial charge in [0.1, 0.15) is 0 Å². The third-order valence-corrected chi connectivity index (χ3v) is 3.74. The fourth-order valence-corrected chi connectivity index (χ4v) is 2.33. The Morgan fingerprint density at radius 3 is 2.22 bits per heavy atom. The first-order chi connectivity index (χ1) is 11.0. The van der Waals surface area contributed by atoms with Gasteiger partial charge in [0, 0.05) is 29.2 Å². The number of aryl methyl sites for hydroxylation is 2. The first-order valence-corrected chi connectivity index (χ1v) is 7.75. The van der Waals surface area contributed by atoms with E-state index >= 15 is 0 Å². The second kappa shape index (κ2) is 7.79. The maximum atomic E-state index is 12.0. The topological polar surface area (TPSA) is 58.2 Å². The summed E-state index contributed by atoms with van der Waals surface area (Å²) < 4.78 is 0. The molecule has 0 aliphatic rings. The Hall–Kier alpha value is -2.33. The predicted molar refractivity (Wildman–Crippen MR) is 92.9 cm³/mol. The summed E-state index contributed by atoms with van der Waals surface area (Å²) in [4.78, 5) is 23.9. The van der Waals surface area contributed by atoms with Crippen molar-refractivity contribution in [2.24, 2.45) is 0 Å². The van der Waals surface area contributed by atoms with Gasteiger partial charge in [-0.05, 0) is 49.2 Å². The van der Waals surface area contributed by atoms with Crippen LogP contribution in [0.5, 0.6) is 0 Å². The molecule has 0 aliphatic heterocycles. The summed E-state index contributed by atoms with van der Waals surface area (Å²) in [6.45, 7) is 4.17. The number of carbonyl (C=O) groups excluding carboxylic acids is 2. The normalized spacial score (nSPS) is 10.2. The lowest BCUT2D eigenvalue weighted by atomic mass is 10.1. The van der Waals surface area contributed by atoms with E-state index in [4.69, 9.17) is 11.6 Å². The Labute approximate surface area is 140 Å². The summed E-state index contributed by atoms with van der Waals surface area (Å²) in [5.74, 6) is -0.347. The molecular weight excluding hydrogens is 312 g/mol. The number of hydrogen-bond donors (Lipinski definition) is 2. The second-order valence-corrected chi connectivity index (χ2v) is 5.76. The lowest BCUT2D eigenvalue weighted by Crippen LogP contribution is -2.27. The number of benzene rings is 2. The fourth-order valence-electron chi connectivity index (χ4n) is 2.21. The lowest BCUT2D eigenvalue weighted by Gasteiger charge is -2.11. The Morgan fingerprint density at radius 2 is 1.61 bits per heavy atom. The molecule has 0 heterocycles. The van der Waals surface area contributed by atoms with Gasteiger partial charge in [-0.1, -0.05) is 29.8 Å². The smallest absolute Gasteiger partial charge is 0.251 e. The van der Waals surface area contributed by atoms with E-state index in [9.17, 15) is 9.59 Å². The fraction of sp³-hybridized carbons (Fsp3) is 0.222. The van der Waals surface area contributed by atoms with Crippen molar-refractivity contribution in [2.75, 3.05) is 11.9 Å². The van der Waals surface area contributed by atoms with Gasteiger partial charge < -0.3 is 10.6 Å². The van der Waals surface area contributed by atoms with Crippen molar-refractivity contribution < 1.29 is 9.59 Å². The molecule has 2 amide bonds. The number of anilines is 1. The molecule has 0 radical (unpaired) electrons. The Bertz CT molecular complexity index is 691. The van der Waals surface area contributed by atoms with Crippen molar-refractivity contribution in [2.45, 2.75) is 20.3 Å².